The summed E-state index contributed by atoms with van der Waals surface area (Å²) in [6.45, 7) is 9.53. The fourth-order valence-corrected chi connectivity index (χ4v) is 1.47. The van der Waals surface area contributed by atoms with Crippen molar-refractivity contribution in [3.8, 4) is 11.8 Å². The molecule has 0 bridgehead atoms. The van der Waals surface area contributed by atoms with Crippen LogP contribution in [0.3, 0.4) is 0 Å². The number of aromatic amines is 1. The van der Waals surface area contributed by atoms with E-state index in [1.54, 1.807) is 6.20 Å². The molecule has 1 heterocycles. The average Bonchev–Trinajstić information content (AvgIpc) is 2.74. The maximum absolute atomic E-state index is 4.30. The van der Waals surface area contributed by atoms with Gasteiger partial charge in [0.25, 0.3) is 0 Å². The van der Waals surface area contributed by atoms with E-state index in [-0.39, 0.29) is 11.5 Å². The lowest BCUT2D eigenvalue weighted by atomic mass is 9.97. The summed E-state index contributed by atoms with van der Waals surface area (Å²) in [5.41, 5.74) is 0.0679. The van der Waals surface area contributed by atoms with Crippen molar-refractivity contribution in [2.75, 3.05) is 6.54 Å². The van der Waals surface area contributed by atoms with Crippen molar-refractivity contribution in [3.63, 3.8) is 0 Å². The highest BCUT2D eigenvalue weighted by molar-refractivity contribution is 5.11. The fraction of sp³-hybridized carbons (Fsp3) is 0.643. The van der Waals surface area contributed by atoms with Gasteiger partial charge in [0.15, 0.2) is 0 Å². The molecule has 0 saturated heterocycles. The fourth-order valence-electron chi connectivity index (χ4n) is 1.47. The number of nitrogens with one attached hydrogen (secondary N) is 2. The van der Waals surface area contributed by atoms with E-state index >= 15 is 0 Å². The van der Waals surface area contributed by atoms with Crippen LogP contribution in [-0.2, 0) is 0 Å². The van der Waals surface area contributed by atoms with E-state index < -0.39 is 0 Å². The molecule has 1 aromatic heterocycles. The normalized spacial score (nSPS) is 12.9. The third-order valence-corrected chi connectivity index (χ3v) is 2.26. The third-order valence-electron chi connectivity index (χ3n) is 2.26. The first-order valence-electron chi connectivity index (χ1n) is 6.25. The molecule has 1 unspecified atom stereocenters. The van der Waals surface area contributed by atoms with E-state index in [4.69, 9.17) is 0 Å². The first-order chi connectivity index (χ1) is 8.03. The van der Waals surface area contributed by atoms with Gasteiger partial charge in [-0.15, -0.1) is 5.92 Å². The largest absolute Gasteiger partial charge is 0.347 e. The molecule has 94 valence electrons. The SMILES string of the molecule is CCCNC(CC#CC(C)(C)C)c1ncc[nH]1. The van der Waals surface area contributed by atoms with Crippen molar-refractivity contribution < 1.29 is 0 Å². The molecule has 17 heavy (non-hydrogen) atoms. The molecular weight excluding hydrogens is 210 g/mol. The Kier molecular flexibility index (Phi) is 5.24. The van der Waals surface area contributed by atoms with Gasteiger partial charge in [0, 0.05) is 24.2 Å². The molecule has 3 heteroatoms. The van der Waals surface area contributed by atoms with Crippen LogP contribution in [0.2, 0.25) is 0 Å². The minimum Gasteiger partial charge on any atom is -0.347 e. The van der Waals surface area contributed by atoms with E-state index in [9.17, 15) is 0 Å². The van der Waals surface area contributed by atoms with Gasteiger partial charge in [0.1, 0.15) is 5.82 Å². The Bertz CT molecular complexity index is 362. The number of nitrogens with zero attached hydrogens (tertiary/aromatic N) is 1. The van der Waals surface area contributed by atoms with Crippen LogP contribution in [0.25, 0.3) is 0 Å². The van der Waals surface area contributed by atoms with Crippen LogP contribution < -0.4 is 5.32 Å². The van der Waals surface area contributed by atoms with Crippen LogP contribution in [0.1, 0.15) is 52.4 Å². The van der Waals surface area contributed by atoms with Crippen LogP contribution >= 0.6 is 0 Å². The standard InChI is InChI=1S/C14H23N3/c1-5-9-15-12(13-16-10-11-17-13)7-6-8-14(2,3)4/h10-12,15H,5,7,9H2,1-4H3,(H,16,17). The number of aromatic nitrogens is 2. The van der Waals surface area contributed by atoms with Gasteiger partial charge in [-0.2, -0.15) is 0 Å². The Labute approximate surface area is 104 Å². The van der Waals surface area contributed by atoms with Crippen molar-refractivity contribution in [2.24, 2.45) is 5.41 Å². The van der Waals surface area contributed by atoms with Crippen molar-refractivity contribution in [2.45, 2.75) is 46.6 Å². The number of H-pyrrole nitrogens is 1. The van der Waals surface area contributed by atoms with Gasteiger partial charge in [0.2, 0.25) is 0 Å². The van der Waals surface area contributed by atoms with Crippen molar-refractivity contribution in [1.82, 2.24) is 15.3 Å². The molecular formula is C14H23N3. The Morgan fingerprint density at radius 2 is 2.24 bits per heavy atom. The minimum atomic E-state index is 0.0679. The van der Waals surface area contributed by atoms with Crippen LogP contribution in [-0.4, -0.2) is 16.5 Å². The van der Waals surface area contributed by atoms with E-state index in [1.165, 1.54) is 0 Å². The summed E-state index contributed by atoms with van der Waals surface area (Å²) in [7, 11) is 0. The molecule has 0 radical (unpaired) electrons. The number of hydrogen-bond donors (Lipinski definition) is 2. The quantitative estimate of drug-likeness (QED) is 0.768. The Morgan fingerprint density at radius 3 is 2.76 bits per heavy atom. The lowest BCUT2D eigenvalue weighted by molar-refractivity contribution is 0.518. The maximum Gasteiger partial charge on any atom is 0.124 e. The van der Waals surface area contributed by atoms with Gasteiger partial charge in [-0.25, -0.2) is 4.98 Å². The first-order valence-corrected chi connectivity index (χ1v) is 6.25. The highest BCUT2D eigenvalue weighted by Gasteiger charge is 2.11. The molecule has 0 saturated carbocycles. The summed E-state index contributed by atoms with van der Waals surface area (Å²) in [4.78, 5) is 7.45. The van der Waals surface area contributed by atoms with Crippen LogP contribution in [0.4, 0.5) is 0 Å². The van der Waals surface area contributed by atoms with E-state index in [1.807, 2.05) is 6.20 Å². The lowest BCUT2D eigenvalue weighted by Gasteiger charge is -2.14. The zero-order valence-electron chi connectivity index (χ0n) is 11.3. The summed E-state index contributed by atoms with van der Waals surface area (Å²) >= 11 is 0. The summed E-state index contributed by atoms with van der Waals surface area (Å²) in [5.74, 6) is 7.48. The van der Waals surface area contributed by atoms with Gasteiger partial charge in [-0.3, -0.25) is 0 Å². The molecule has 1 rings (SSSR count). The Hall–Kier alpha value is -1.27. The van der Waals surface area contributed by atoms with Crippen molar-refractivity contribution >= 4 is 0 Å². The number of hydrogen-bond acceptors (Lipinski definition) is 2. The molecule has 0 aliphatic heterocycles. The predicted octanol–water partition coefficient (Wildman–Crippen LogP) is 2.89. The zero-order valence-corrected chi connectivity index (χ0v) is 11.3. The molecule has 2 N–H and O–H groups in total. The van der Waals surface area contributed by atoms with Crippen LogP contribution in [0.5, 0.6) is 0 Å². The number of imidazole rings is 1. The van der Waals surface area contributed by atoms with Crippen molar-refractivity contribution in [3.05, 3.63) is 18.2 Å². The third kappa shape index (κ3) is 5.55. The maximum atomic E-state index is 4.30. The summed E-state index contributed by atoms with van der Waals surface area (Å²) in [6.07, 6.45) is 5.55. The van der Waals surface area contributed by atoms with E-state index in [2.05, 4.69) is 54.8 Å². The van der Waals surface area contributed by atoms with E-state index in [0.29, 0.717) is 0 Å². The highest BCUT2D eigenvalue weighted by Crippen LogP contribution is 2.14. The Morgan fingerprint density at radius 1 is 1.47 bits per heavy atom. The molecule has 1 atom stereocenters. The molecule has 0 amide bonds. The summed E-state index contributed by atoms with van der Waals surface area (Å²) in [5, 5.41) is 3.46. The minimum absolute atomic E-state index is 0.0679. The van der Waals surface area contributed by atoms with Gasteiger partial charge in [0.05, 0.1) is 6.04 Å². The van der Waals surface area contributed by atoms with E-state index in [0.717, 1.165) is 25.2 Å². The topological polar surface area (TPSA) is 40.7 Å². The second-order valence-corrected chi connectivity index (χ2v) is 5.24. The van der Waals surface area contributed by atoms with Gasteiger partial charge in [-0.05, 0) is 33.7 Å². The first kappa shape index (κ1) is 13.8. The Balaban J connectivity index is 2.61. The zero-order chi connectivity index (χ0) is 12.7. The summed E-state index contributed by atoms with van der Waals surface area (Å²) < 4.78 is 0. The number of rotatable bonds is 5. The highest BCUT2D eigenvalue weighted by atomic mass is 15.0. The molecule has 0 aliphatic carbocycles. The van der Waals surface area contributed by atoms with Gasteiger partial charge in [-0.1, -0.05) is 12.8 Å². The van der Waals surface area contributed by atoms with Crippen molar-refractivity contribution in [1.29, 1.82) is 0 Å². The molecule has 0 spiro atoms. The smallest absolute Gasteiger partial charge is 0.124 e. The molecule has 0 aliphatic rings. The average molecular weight is 233 g/mol. The van der Waals surface area contributed by atoms with Gasteiger partial charge < -0.3 is 10.3 Å². The van der Waals surface area contributed by atoms with Crippen LogP contribution in [0.15, 0.2) is 12.4 Å². The molecule has 0 aromatic carbocycles. The molecule has 1 aromatic rings. The summed E-state index contributed by atoms with van der Waals surface area (Å²) in [6, 6.07) is 0.208. The molecule has 3 nitrogen and oxygen atoms in total. The second-order valence-electron chi connectivity index (χ2n) is 5.24. The van der Waals surface area contributed by atoms with Crippen LogP contribution in [0, 0.1) is 17.3 Å². The lowest BCUT2D eigenvalue weighted by Crippen LogP contribution is -2.22. The second kappa shape index (κ2) is 6.46. The monoisotopic (exact) mass is 233 g/mol. The molecule has 0 fully saturated rings. The predicted molar refractivity (Wildman–Crippen MR) is 71.5 cm³/mol. The van der Waals surface area contributed by atoms with Gasteiger partial charge >= 0.3 is 0 Å².